The van der Waals surface area contributed by atoms with Crippen LogP contribution in [0.5, 0.6) is 11.5 Å². The van der Waals surface area contributed by atoms with Gasteiger partial charge in [0.1, 0.15) is 5.01 Å². The summed E-state index contributed by atoms with van der Waals surface area (Å²) >= 11 is 1.72. The van der Waals surface area contributed by atoms with Crippen molar-refractivity contribution in [2.45, 2.75) is 32.9 Å². The van der Waals surface area contributed by atoms with Crippen molar-refractivity contribution in [3.05, 3.63) is 64.8 Å². The first-order valence-electron chi connectivity index (χ1n) is 9.08. The lowest BCUT2D eigenvalue weighted by Crippen LogP contribution is -2.13. The van der Waals surface area contributed by atoms with Gasteiger partial charge in [-0.15, -0.1) is 11.3 Å². The van der Waals surface area contributed by atoms with E-state index in [1.54, 1.807) is 25.6 Å². The average molecular weight is 383 g/mol. The minimum Gasteiger partial charge on any atom is -0.493 e. The standard InChI is InChI=1S/C22H26N2O2S/c1-15(2)16-8-10-17(11-9-16)20-13-24-21(27-20)14-23-12-18-6-5-7-19(25-3)22(18)26-4/h5-11,13,15,23H,12,14H2,1-4H3. The van der Waals surface area contributed by atoms with Crippen LogP contribution >= 0.6 is 11.3 Å². The summed E-state index contributed by atoms with van der Waals surface area (Å²) in [6.07, 6.45) is 1.96. The van der Waals surface area contributed by atoms with Crippen molar-refractivity contribution in [2.24, 2.45) is 0 Å². The molecule has 1 heterocycles. The molecule has 0 fully saturated rings. The molecule has 0 bridgehead atoms. The smallest absolute Gasteiger partial charge is 0.165 e. The predicted molar refractivity (Wildman–Crippen MR) is 112 cm³/mol. The summed E-state index contributed by atoms with van der Waals surface area (Å²) < 4.78 is 10.8. The fourth-order valence-corrected chi connectivity index (χ4v) is 3.85. The number of hydrogen-bond acceptors (Lipinski definition) is 5. The monoisotopic (exact) mass is 382 g/mol. The van der Waals surface area contributed by atoms with Gasteiger partial charge >= 0.3 is 0 Å². The number of thiazole rings is 1. The minimum absolute atomic E-state index is 0.550. The Balaban J connectivity index is 1.62. The molecule has 142 valence electrons. The molecule has 0 unspecified atom stereocenters. The number of rotatable bonds is 8. The second kappa shape index (κ2) is 9.02. The van der Waals surface area contributed by atoms with Gasteiger partial charge in [0.25, 0.3) is 0 Å². The maximum atomic E-state index is 5.48. The van der Waals surface area contributed by atoms with Gasteiger partial charge in [0.05, 0.1) is 19.1 Å². The molecule has 1 N–H and O–H groups in total. The topological polar surface area (TPSA) is 43.4 Å². The molecule has 0 aliphatic heterocycles. The summed E-state index contributed by atoms with van der Waals surface area (Å²) in [7, 11) is 3.32. The maximum Gasteiger partial charge on any atom is 0.165 e. The number of hydrogen-bond donors (Lipinski definition) is 1. The fraction of sp³-hybridized carbons (Fsp3) is 0.318. The summed E-state index contributed by atoms with van der Waals surface area (Å²) in [5.74, 6) is 2.07. The average Bonchev–Trinajstić information content (AvgIpc) is 3.16. The largest absolute Gasteiger partial charge is 0.493 e. The molecule has 4 nitrogen and oxygen atoms in total. The summed E-state index contributed by atoms with van der Waals surface area (Å²) in [4.78, 5) is 5.75. The highest BCUT2D eigenvalue weighted by Gasteiger charge is 2.10. The Morgan fingerprint density at radius 2 is 1.78 bits per heavy atom. The predicted octanol–water partition coefficient (Wildman–Crippen LogP) is 5.24. The van der Waals surface area contributed by atoms with Crippen molar-refractivity contribution in [3.8, 4) is 21.9 Å². The lowest BCUT2D eigenvalue weighted by Gasteiger charge is -2.12. The van der Waals surface area contributed by atoms with Crippen molar-refractivity contribution < 1.29 is 9.47 Å². The second-order valence-corrected chi connectivity index (χ2v) is 7.77. The molecule has 0 saturated heterocycles. The van der Waals surface area contributed by atoms with Crippen LogP contribution in [0.15, 0.2) is 48.7 Å². The van der Waals surface area contributed by atoms with E-state index in [9.17, 15) is 0 Å². The summed E-state index contributed by atoms with van der Waals surface area (Å²) in [5.41, 5.74) is 3.65. The van der Waals surface area contributed by atoms with Crippen LogP contribution in [0.1, 0.15) is 35.9 Å². The zero-order valence-electron chi connectivity index (χ0n) is 16.3. The summed E-state index contributed by atoms with van der Waals surface area (Å²) in [6, 6.07) is 14.7. The molecule has 0 aliphatic carbocycles. The van der Waals surface area contributed by atoms with E-state index in [2.05, 4.69) is 48.4 Å². The highest BCUT2D eigenvalue weighted by atomic mass is 32.1. The van der Waals surface area contributed by atoms with Crippen molar-refractivity contribution in [1.29, 1.82) is 0 Å². The maximum absolute atomic E-state index is 5.48. The lowest BCUT2D eigenvalue weighted by molar-refractivity contribution is 0.350. The van der Waals surface area contributed by atoms with Crippen LogP contribution in [-0.2, 0) is 13.1 Å². The number of methoxy groups -OCH3 is 2. The Labute approximate surface area is 165 Å². The van der Waals surface area contributed by atoms with Crippen LogP contribution in [0, 0.1) is 0 Å². The molecule has 3 aromatic rings. The van der Waals surface area contributed by atoms with Gasteiger partial charge < -0.3 is 14.8 Å². The summed E-state index contributed by atoms with van der Waals surface area (Å²) in [5, 5.41) is 4.51. The Hall–Kier alpha value is -2.37. The van der Waals surface area contributed by atoms with Crippen molar-refractivity contribution >= 4 is 11.3 Å². The van der Waals surface area contributed by atoms with E-state index in [1.165, 1.54) is 16.0 Å². The Bertz CT molecular complexity index is 872. The van der Waals surface area contributed by atoms with E-state index in [1.807, 2.05) is 24.4 Å². The van der Waals surface area contributed by atoms with Gasteiger partial charge in [-0.3, -0.25) is 0 Å². The number of nitrogens with one attached hydrogen (secondary N) is 1. The third-order valence-corrected chi connectivity index (χ3v) is 5.54. The molecule has 0 spiro atoms. The van der Waals surface area contributed by atoms with Crippen LogP contribution in [0.25, 0.3) is 10.4 Å². The van der Waals surface area contributed by atoms with Crippen molar-refractivity contribution in [2.75, 3.05) is 14.2 Å². The number of nitrogens with zero attached hydrogens (tertiary/aromatic N) is 1. The van der Waals surface area contributed by atoms with Gasteiger partial charge in [-0.05, 0) is 23.1 Å². The highest BCUT2D eigenvalue weighted by Crippen LogP contribution is 2.31. The van der Waals surface area contributed by atoms with Gasteiger partial charge in [0.2, 0.25) is 0 Å². The minimum atomic E-state index is 0.550. The van der Waals surface area contributed by atoms with E-state index < -0.39 is 0 Å². The van der Waals surface area contributed by atoms with Gasteiger partial charge in [-0.2, -0.15) is 0 Å². The molecule has 0 atom stereocenters. The third kappa shape index (κ3) is 4.67. The molecule has 0 saturated carbocycles. The highest BCUT2D eigenvalue weighted by molar-refractivity contribution is 7.15. The number of aromatic nitrogens is 1. The number of ether oxygens (including phenoxy) is 2. The number of para-hydroxylation sites is 1. The van der Waals surface area contributed by atoms with Crippen LogP contribution in [0.3, 0.4) is 0 Å². The molecule has 0 amide bonds. The molecular weight excluding hydrogens is 356 g/mol. The van der Waals surface area contributed by atoms with Gasteiger partial charge in [-0.1, -0.05) is 50.2 Å². The molecule has 5 heteroatoms. The second-order valence-electron chi connectivity index (χ2n) is 6.65. The quantitative estimate of drug-likeness (QED) is 0.578. The molecule has 27 heavy (non-hydrogen) atoms. The SMILES string of the molecule is COc1cccc(CNCc2ncc(-c3ccc(C(C)C)cc3)s2)c1OC. The van der Waals surface area contributed by atoms with Crippen LogP contribution < -0.4 is 14.8 Å². The van der Waals surface area contributed by atoms with E-state index in [-0.39, 0.29) is 0 Å². The van der Waals surface area contributed by atoms with Crippen molar-refractivity contribution in [1.82, 2.24) is 10.3 Å². The Kier molecular flexibility index (Phi) is 6.48. The molecule has 2 aromatic carbocycles. The van der Waals surface area contributed by atoms with E-state index in [0.717, 1.165) is 28.6 Å². The van der Waals surface area contributed by atoms with E-state index in [4.69, 9.17) is 9.47 Å². The van der Waals surface area contributed by atoms with Gasteiger partial charge in [0, 0.05) is 24.8 Å². The Morgan fingerprint density at radius 1 is 1.00 bits per heavy atom. The Morgan fingerprint density at radius 3 is 2.44 bits per heavy atom. The first-order valence-corrected chi connectivity index (χ1v) is 9.89. The van der Waals surface area contributed by atoms with Crippen LogP contribution in [0.2, 0.25) is 0 Å². The van der Waals surface area contributed by atoms with Crippen LogP contribution in [0.4, 0.5) is 0 Å². The third-order valence-electron chi connectivity index (χ3n) is 4.49. The first-order chi connectivity index (χ1) is 13.1. The van der Waals surface area contributed by atoms with E-state index >= 15 is 0 Å². The van der Waals surface area contributed by atoms with E-state index in [0.29, 0.717) is 12.5 Å². The molecule has 3 rings (SSSR count). The first kappa shape index (κ1) is 19.4. The van der Waals surface area contributed by atoms with Crippen LogP contribution in [-0.4, -0.2) is 19.2 Å². The number of benzene rings is 2. The van der Waals surface area contributed by atoms with Gasteiger partial charge in [-0.25, -0.2) is 4.98 Å². The zero-order valence-corrected chi connectivity index (χ0v) is 17.1. The fourth-order valence-electron chi connectivity index (χ4n) is 2.95. The molecular formula is C22H26N2O2S. The molecule has 0 radical (unpaired) electrons. The zero-order chi connectivity index (χ0) is 19.2. The molecule has 1 aromatic heterocycles. The van der Waals surface area contributed by atoms with Crippen molar-refractivity contribution in [3.63, 3.8) is 0 Å². The molecule has 0 aliphatic rings. The lowest BCUT2D eigenvalue weighted by atomic mass is 10.0. The normalized spacial score (nSPS) is 11.0. The van der Waals surface area contributed by atoms with Gasteiger partial charge in [0.15, 0.2) is 11.5 Å². The summed E-state index contributed by atoms with van der Waals surface area (Å²) in [6.45, 7) is 5.83.